The van der Waals surface area contributed by atoms with Crippen molar-refractivity contribution >= 4 is 41.0 Å². The molecule has 0 saturated carbocycles. The zero-order valence-electron chi connectivity index (χ0n) is 19.5. The number of nitrogens with two attached hydrogens (primary N) is 1. The van der Waals surface area contributed by atoms with E-state index >= 15 is 0 Å². The number of piperazine rings is 1. The molecule has 35 heavy (non-hydrogen) atoms. The van der Waals surface area contributed by atoms with Crippen molar-refractivity contribution in [2.24, 2.45) is 0 Å². The van der Waals surface area contributed by atoms with Gasteiger partial charge in [-0.05, 0) is 42.9 Å². The van der Waals surface area contributed by atoms with Crippen LogP contribution in [-0.2, 0) is 4.79 Å². The van der Waals surface area contributed by atoms with Crippen LogP contribution in [0.3, 0.4) is 0 Å². The summed E-state index contributed by atoms with van der Waals surface area (Å²) in [5, 5.41) is 14.5. The van der Waals surface area contributed by atoms with E-state index in [4.69, 9.17) is 11.1 Å². The molecule has 0 radical (unpaired) electrons. The van der Waals surface area contributed by atoms with Gasteiger partial charge in [-0.3, -0.25) is 15.0 Å². The van der Waals surface area contributed by atoms with Crippen molar-refractivity contribution in [1.29, 1.82) is 5.41 Å². The molecule has 2 aromatic carbocycles. The van der Waals surface area contributed by atoms with E-state index in [1.165, 1.54) is 6.33 Å². The third kappa shape index (κ3) is 5.44. The summed E-state index contributed by atoms with van der Waals surface area (Å²) in [5.74, 6) is 0.546. The smallest absolute Gasteiger partial charge is 0.253 e. The molecule has 3 aromatic rings. The van der Waals surface area contributed by atoms with E-state index in [0.717, 1.165) is 19.6 Å². The molecule has 1 aromatic heterocycles. The van der Waals surface area contributed by atoms with E-state index in [1.54, 1.807) is 48.5 Å². The van der Waals surface area contributed by atoms with Crippen LogP contribution in [-0.4, -0.2) is 70.5 Å². The number of amides is 2. The number of carbonyl (C=O) groups excluding carboxylic acids is 2. The minimum Gasteiger partial charge on any atom is -0.383 e. The standard InChI is InChI=1S/C25H28N8O2/c1-2-32-11-13-33(14-12-32)25(35)18-5-3-17(4-6-18)22(26)21-23(27)28-15-29-24(21)31-20-9-7-19(8-10-20)30-16-34/h3-10,15-16,26H,2,11-14H2,1H3,(H,30,34)(H3,27,28,29,31). The van der Waals surface area contributed by atoms with Crippen molar-refractivity contribution in [2.45, 2.75) is 6.92 Å². The Balaban J connectivity index is 1.51. The molecule has 0 bridgehead atoms. The lowest BCUT2D eigenvalue weighted by Gasteiger charge is -2.34. The van der Waals surface area contributed by atoms with Crippen LogP contribution in [0.25, 0.3) is 0 Å². The van der Waals surface area contributed by atoms with Crippen LogP contribution >= 0.6 is 0 Å². The maximum absolute atomic E-state index is 12.9. The Morgan fingerprint density at radius 1 is 1.00 bits per heavy atom. The number of carbonyl (C=O) groups is 2. The Hall–Kier alpha value is -4.31. The molecule has 0 aliphatic carbocycles. The van der Waals surface area contributed by atoms with Crippen molar-refractivity contribution in [3.8, 4) is 0 Å². The lowest BCUT2D eigenvalue weighted by molar-refractivity contribution is -0.105. The van der Waals surface area contributed by atoms with Crippen LogP contribution in [0, 0.1) is 5.41 Å². The maximum atomic E-state index is 12.9. The van der Waals surface area contributed by atoms with Gasteiger partial charge in [-0.25, -0.2) is 9.97 Å². The average Bonchev–Trinajstić information content (AvgIpc) is 2.89. The van der Waals surface area contributed by atoms with Crippen molar-refractivity contribution in [3.05, 3.63) is 71.5 Å². The molecule has 1 fully saturated rings. The third-order valence-corrected chi connectivity index (χ3v) is 6.03. The second-order valence-electron chi connectivity index (χ2n) is 8.13. The number of anilines is 4. The number of rotatable bonds is 8. The van der Waals surface area contributed by atoms with Gasteiger partial charge in [0.1, 0.15) is 18.0 Å². The molecule has 0 atom stereocenters. The van der Waals surface area contributed by atoms with E-state index in [2.05, 4.69) is 32.4 Å². The number of hydrogen-bond acceptors (Lipinski definition) is 8. The number of likely N-dealkylation sites (N-methyl/N-ethyl adjacent to an activating group) is 1. The molecule has 2 heterocycles. The maximum Gasteiger partial charge on any atom is 0.253 e. The van der Waals surface area contributed by atoms with Gasteiger partial charge in [0.2, 0.25) is 6.41 Å². The zero-order valence-corrected chi connectivity index (χ0v) is 19.5. The summed E-state index contributed by atoms with van der Waals surface area (Å²) in [7, 11) is 0. The summed E-state index contributed by atoms with van der Waals surface area (Å²) >= 11 is 0. The minimum atomic E-state index is -0.00346. The Morgan fingerprint density at radius 2 is 1.63 bits per heavy atom. The molecule has 0 unspecified atom stereocenters. The second kappa shape index (κ2) is 10.7. The lowest BCUT2D eigenvalue weighted by Crippen LogP contribution is -2.48. The third-order valence-electron chi connectivity index (χ3n) is 6.03. The van der Waals surface area contributed by atoms with E-state index in [9.17, 15) is 9.59 Å². The van der Waals surface area contributed by atoms with Crippen molar-refractivity contribution in [1.82, 2.24) is 19.8 Å². The predicted octanol–water partition coefficient (Wildman–Crippen LogP) is 2.56. The van der Waals surface area contributed by atoms with Gasteiger partial charge in [0.25, 0.3) is 5.91 Å². The molecule has 0 spiro atoms. The van der Waals surface area contributed by atoms with Crippen LogP contribution in [0.5, 0.6) is 0 Å². The molecule has 10 nitrogen and oxygen atoms in total. The molecule has 180 valence electrons. The normalized spacial score (nSPS) is 13.8. The summed E-state index contributed by atoms with van der Waals surface area (Å²) in [6.07, 6.45) is 1.94. The molecular weight excluding hydrogens is 444 g/mol. The van der Waals surface area contributed by atoms with Crippen molar-refractivity contribution in [3.63, 3.8) is 0 Å². The fourth-order valence-corrected chi connectivity index (χ4v) is 3.97. The first kappa shape index (κ1) is 23.8. The summed E-state index contributed by atoms with van der Waals surface area (Å²) in [5.41, 5.74) is 9.17. The van der Waals surface area contributed by atoms with Gasteiger partial charge < -0.3 is 26.2 Å². The molecule has 10 heteroatoms. The highest BCUT2D eigenvalue weighted by Gasteiger charge is 2.22. The van der Waals surface area contributed by atoms with Gasteiger partial charge in [0.05, 0.1) is 11.3 Å². The largest absolute Gasteiger partial charge is 0.383 e. The molecule has 1 aliphatic heterocycles. The van der Waals surface area contributed by atoms with Crippen LogP contribution in [0.4, 0.5) is 23.0 Å². The first-order chi connectivity index (χ1) is 17.0. The molecule has 5 N–H and O–H groups in total. The van der Waals surface area contributed by atoms with Gasteiger partial charge in [-0.1, -0.05) is 19.1 Å². The minimum absolute atomic E-state index is 0.00346. The number of nitrogens with zero attached hydrogens (tertiary/aromatic N) is 4. The number of nitrogen functional groups attached to an aromatic ring is 1. The Morgan fingerprint density at radius 3 is 2.26 bits per heavy atom. The highest BCUT2D eigenvalue weighted by molar-refractivity contribution is 6.16. The van der Waals surface area contributed by atoms with Gasteiger partial charge >= 0.3 is 0 Å². The molecular formula is C25H28N8O2. The van der Waals surface area contributed by atoms with Crippen LogP contribution < -0.4 is 16.4 Å². The molecule has 1 aliphatic rings. The van der Waals surface area contributed by atoms with Gasteiger partial charge in [-0.15, -0.1) is 0 Å². The van der Waals surface area contributed by atoms with Gasteiger partial charge in [0.15, 0.2) is 0 Å². The Kier molecular flexibility index (Phi) is 7.32. The van der Waals surface area contributed by atoms with E-state index in [1.807, 2.05) is 4.90 Å². The number of nitrogens with one attached hydrogen (secondary N) is 3. The first-order valence-corrected chi connectivity index (χ1v) is 11.4. The monoisotopic (exact) mass is 472 g/mol. The van der Waals surface area contributed by atoms with E-state index < -0.39 is 0 Å². The van der Waals surface area contributed by atoms with Gasteiger partial charge in [-0.2, -0.15) is 0 Å². The summed E-state index contributed by atoms with van der Waals surface area (Å²) in [6.45, 7) is 6.30. The van der Waals surface area contributed by atoms with E-state index in [-0.39, 0.29) is 17.4 Å². The Bertz CT molecular complexity index is 1200. The fraction of sp³-hybridized carbons (Fsp3) is 0.240. The molecule has 2 amide bonds. The summed E-state index contributed by atoms with van der Waals surface area (Å²) < 4.78 is 0. The predicted molar refractivity (Wildman–Crippen MR) is 136 cm³/mol. The molecule has 4 rings (SSSR count). The first-order valence-electron chi connectivity index (χ1n) is 11.4. The zero-order chi connectivity index (χ0) is 24.8. The average molecular weight is 473 g/mol. The van der Waals surface area contributed by atoms with Crippen LogP contribution in [0.15, 0.2) is 54.9 Å². The van der Waals surface area contributed by atoms with Crippen LogP contribution in [0.1, 0.15) is 28.4 Å². The Labute approximate surface area is 203 Å². The highest BCUT2D eigenvalue weighted by Crippen LogP contribution is 2.26. The van der Waals surface area contributed by atoms with Gasteiger partial charge in [0, 0.05) is 48.7 Å². The SMILES string of the molecule is CCN1CCN(C(=O)c2ccc(C(=N)c3c(N)ncnc3Nc3ccc(NC=O)cc3)cc2)CC1. The number of benzene rings is 2. The summed E-state index contributed by atoms with van der Waals surface area (Å²) in [4.78, 5) is 36.0. The molecule has 1 saturated heterocycles. The quantitative estimate of drug-likeness (QED) is 0.292. The fourth-order valence-electron chi connectivity index (χ4n) is 3.97. The second-order valence-corrected chi connectivity index (χ2v) is 8.13. The number of hydrogen-bond donors (Lipinski definition) is 4. The topological polar surface area (TPSA) is 140 Å². The number of aromatic nitrogens is 2. The van der Waals surface area contributed by atoms with Crippen molar-refractivity contribution < 1.29 is 9.59 Å². The van der Waals surface area contributed by atoms with E-state index in [0.29, 0.717) is 53.4 Å². The van der Waals surface area contributed by atoms with Crippen LogP contribution in [0.2, 0.25) is 0 Å². The van der Waals surface area contributed by atoms with Crippen molar-refractivity contribution in [2.75, 3.05) is 49.1 Å². The lowest BCUT2D eigenvalue weighted by atomic mass is 10.0. The highest BCUT2D eigenvalue weighted by atomic mass is 16.2. The summed E-state index contributed by atoms with van der Waals surface area (Å²) in [6, 6.07) is 14.0.